The molecule has 0 radical (unpaired) electrons. The lowest BCUT2D eigenvalue weighted by molar-refractivity contribution is -0.384. The number of rotatable bonds is 6. The van der Waals surface area contributed by atoms with E-state index in [0.717, 1.165) is 16.6 Å². The molecule has 0 saturated heterocycles. The molecule has 2 heterocycles. The lowest BCUT2D eigenvalue weighted by Gasteiger charge is -2.09. The number of nitro groups is 1. The predicted molar refractivity (Wildman–Crippen MR) is 116 cm³/mol. The van der Waals surface area contributed by atoms with Gasteiger partial charge >= 0.3 is 5.97 Å². The number of fused-ring (bicyclic) bond motifs is 1. The van der Waals surface area contributed by atoms with Gasteiger partial charge < -0.3 is 4.74 Å². The number of ether oxygens (including phenoxy) is 1. The Labute approximate surface area is 177 Å². The van der Waals surface area contributed by atoms with E-state index in [0.29, 0.717) is 11.1 Å². The van der Waals surface area contributed by atoms with Crippen LogP contribution in [0.25, 0.3) is 27.8 Å². The van der Waals surface area contributed by atoms with Crippen LogP contribution < -0.4 is 4.74 Å². The second-order valence-electron chi connectivity index (χ2n) is 6.85. The molecule has 31 heavy (non-hydrogen) atoms. The molecule has 0 bridgehead atoms. The average Bonchev–Trinajstić information content (AvgIpc) is 3.13. The van der Waals surface area contributed by atoms with E-state index < -0.39 is 16.7 Å². The van der Waals surface area contributed by atoms with Gasteiger partial charge in [0.05, 0.1) is 16.0 Å². The summed E-state index contributed by atoms with van der Waals surface area (Å²) in [6.07, 6.45) is 1.77. The SMILES string of the molecule is CCC(=O)C(=O)Oc1c(-c2ccc([N+](=O)[O-])cc2)c(-c2ccccc2)c2ccccn12. The van der Waals surface area contributed by atoms with Crippen LogP contribution in [0.15, 0.2) is 79.0 Å². The molecule has 4 aromatic rings. The van der Waals surface area contributed by atoms with Crippen LogP contribution in [0.3, 0.4) is 0 Å². The summed E-state index contributed by atoms with van der Waals surface area (Å²) in [5.74, 6) is -1.40. The van der Waals surface area contributed by atoms with E-state index in [1.165, 1.54) is 12.1 Å². The Kier molecular flexibility index (Phi) is 5.32. The summed E-state index contributed by atoms with van der Waals surface area (Å²) in [6.45, 7) is 1.59. The number of nitrogens with zero attached hydrogens (tertiary/aromatic N) is 2. The van der Waals surface area contributed by atoms with E-state index in [-0.39, 0.29) is 18.0 Å². The summed E-state index contributed by atoms with van der Waals surface area (Å²) in [4.78, 5) is 34.9. The summed E-state index contributed by atoms with van der Waals surface area (Å²) in [7, 11) is 0. The lowest BCUT2D eigenvalue weighted by Crippen LogP contribution is -2.20. The molecule has 0 amide bonds. The number of ketones is 1. The number of nitro benzene ring substituents is 1. The zero-order valence-corrected chi connectivity index (χ0v) is 16.6. The van der Waals surface area contributed by atoms with Crippen molar-refractivity contribution in [2.75, 3.05) is 0 Å². The first-order chi connectivity index (χ1) is 15.0. The normalized spacial score (nSPS) is 10.7. The molecular formula is C24H18N2O5. The van der Waals surface area contributed by atoms with Crippen molar-refractivity contribution < 1.29 is 19.2 Å². The van der Waals surface area contributed by atoms with E-state index in [1.807, 2.05) is 42.5 Å². The first-order valence-electron chi connectivity index (χ1n) is 9.69. The number of aromatic nitrogens is 1. The number of non-ortho nitro benzene ring substituents is 1. The Bertz CT molecular complexity index is 1290. The van der Waals surface area contributed by atoms with Gasteiger partial charge in [0.2, 0.25) is 11.7 Å². The van der Waals surface area contributed by atoms with Crippen LogP contribution in [0.2, 0.25) is 0 Å². The van der Waals surface area contributed by atoms with Crippen LogP contribution in [0.4, 0.5) is 5.69 Å². The molecule has 4 rings (SSSR count). The molecule has 7 heteroatoms. The summed E-state index contributed by atoms with van der Waals surface area (Å²) in [5, 5.41) is 11.1. The van der Waals surface area contributed by atoms with Crippen molar-refractivity contribution in [1.29, 1.82) is 0 Å². The number of pyridine rings is 1. The van der Waals surface area contributed by atoms with Gasteiger partial charge in [-0.3, -0.25) is 19.3 Å². The van der Waals surface area contributed by atoms with Crippen molar-refractivity contribution in [1.82, 2.24) is 4.40 Å². The molecule has 2 aromatic heterocycles. The van der Waals surface area contributed by atoms with Crippen LogP contribution >= 0.6 is 0 Å². The molecule has 0 aliphatic rings. The Morgan fingerprint density at radius 3 is 2.19 bits per heavy atom. The third kappa shape index (κ3) is 3.69. The zero-order chi connectivity index (χ0) is 22.0. The van der Waals surface area contributed by atoms with Gasteiger partial charge in [-0.25, -0.2) is 4.79 Å². The number of hydrogen-bond acceptors (Lipinski definition) is 5. The van der Waals surface area contributed by atoms with E-state index in [4.69, 9.17) is 4.74 Å². The van der Waals surface area contributed by atoms with Crippen molar-refractivity contribution in [3.63, 3.8) is 0 Å². The number of Topliss-reactive ketones (excluding diaryl/α,β-unsaturated/α-hetero) is 1. The minimum absolute atomic E-state index is 0.0283. The molecule has 154 valence electrons. The van der Waals surface area contributed by atoms with Crippen LogP contribution in [0, 0.1) is 10.1 Å². The highest BCUT2D eigenvalue weighted by Gasteiger charge is 2.26. The zero-order valence-electron chi connectivity index (χ0n) is 16.6. The van der Waals surface area contributed by atoms with Crippen molar-refractivity contribution in [2.45, 2.75) is 13.3 Å². The van der Waals surface area contributed by atoms with Crippen LogP contribution in [-0.2, 0) is 9.59 Å². The van der Waals surface area contributed by atoms with Crippen LogP contribution in [0.1, 0.15) is 13.3 Å². The number of benzene rings is 2. The minimum atomic E-state index is -0.950. The van der Waals surface area contributed by atoms with Crippen molar-refractivity contribution in [3.8, 4) is 28.1 Å². The summed E-state index contributed by atoms with van der Waals surface area (Å²) < 4.78 is 7.29. The van der Waals surface area contributed by atoms with Gasteiger partial charge in [0.15, 0.2) is 0 Å². The van der Waals surface area contributed by atoms with E-state index in [2.05, 4.69) is 0 Å². The second kappa shape index (κ2) is 8.23. The van der Waals surface area contributed by atoms with Crippen molar-refractivity contribution in [3.05, 3.63) is 89.1 Å². The molecule has 0 N–H and O–H groups in total. The largest absolute Gasteiger partial charge is 0.402 e. The number of carbonyl (C=O) groups is 2. The maximum absolute atomic E-state index is 12.4. The summed E-state index contributed by atoms with van der Waals surface area (Å²) in [5.41, 5.74) is 3.59. The van der Waals surface area contributed by atoms with E-state index in [1.54, 1.807) is 35.7 Å². The van der Waals surface area contributed by atoms with E-state index in [9.17, 15) is 19.7 Å². The molecule has 0 fully saturated rings. The van der Waals surface area contributed by atoms with Gasteiger partial charge in [-0.2, -0.15) is 0 Å². The fourth-order valence-corrected chi connectivity index (χ4v) is 3.48. The highest BCUT2D eigenvalue weighted by Crippen LogP contribution is 2.44. The van der Waals surface area contributed by atoms with Gasteiger partial charge in [-0.05, 0) is 35.4 Å². The van der Waals surface area contributed by atoms with Crippen molar-refractivity contribution >= 4 is 23.0 Å². The molecule has 7 nitrogen and oxygen atoms in total. The third-order valence-electron chi connectivity index (χ3n) is 4.97. The van der Waals surface area contributed by atoms with Gasteiger partial charge in [0, 0.05) is 30.3 Å². The lowest BCUT2D eigenvalue weighted by atomic mass is 9.97. The Balaban J connectivity index is 2.02. The topological polar surface area (TPSA) is 90.9 Å². The molecule has 0 saturated carbocycles. The van der Waals surface area contributed by atoms with E-state index >= 15 is 0 Å². The smallest absolute Gasteiger partial charge is 0.381 e. The third-order valence-corrected chi connectivity index (χ3v) is 4.97. The quantitative estimate of drug-likeness (QED) is 0.190. The molecule has 2 aromatic carbocycles. The molecule has 0 atom stereocenters. The van der Waals surface area contributed by atoms with Gasteiger partial charge in [-0.1, -0.05) is 43.3 Å². The van der Waals surface area contributed by atoms with Gasteiger partial charge in [-0.15, -0.1) is 0 Å². The first kappa shape index (κ1) is 20.0. The maximum Gasteiger partial charge on any atom is 0.381 e. The Hall–Kier alpha value is -4.26. The fourth-order valence-electron chi connectivity index (χ4n) is 3.48. The highest BCUT2D eigenvalue weighted by atomic mass is 16.6. The Morgan fingerprint density at radius 2 is 1.55 bits per heavy atom. The summed E-state index contributed by atoms with van der Waals surface area (Å²) in [6, 6.07) is 21.1. The number of esters is 1. The predicted octanol–water partition coefficient (Wildman–Crippen LogP) is 5.07. The molecule has 0 spiro atoms. The number of hydrogen-bond donors (Lipinski definition) is 0. The van der Waals surface area contributed by atoms with Crippen LogP contribution in [0.5, 0.6) is 5.88 Å². The first-order valence-corrected chi connectivity index (χ1v) is 9.69. The molecule has 0 aliphatic heterocycles. The minimum Gasteiger partial charge on any atom is -0.402 e. The van der Waals surface area contributed by atoms with Gasteiger partial charge in [0.1, 0.15) is 0 Å². The monoisotopic (exact) mass is 414 g/mol. The highest BCUT2D eigenvalue weighted by molar-refractivity contribution is 6.34. The molecule has 0 unspecified atom stereocenters. The Morgan fingerprint density at radius 1 is 0.903 bits per heavy atom. The fraction of sp³-hybridized carbons (Fsp3) is 0.0833. The summed E-state index contributed by atoms with van der Waals surface area (Å²) >= 11 is 0. The van der Waals surface area contributed by atoms with Crippen molar-refractivity contribution in [2.24, 2.45) is 0 Å². The molecular weight excluding hydrogens is 396 g/mol. The average molecular weight is 414 g/mol. The van der Waals surface area contributed by atoms with Crippen LogP contribution in [-0.4, -0.2) is 21.1 Å². The number of carbonyl (C=O) groups excluding carboxylic acids is 2. The molecule has 0 aliphatic carbocycles. The maximum atomic E-state index is 12.4. The standard InChI is InChI=1S/C24H18N2O5/c1-2-20(27)24(28)31-23-22(17-11-13-18(14-12-17)26(29)30)21(16-8-4-3-5-9-16)19-10-6-7-15-25(19)23/h3-15H,2H2,1H3. The van der Waals surface area contributed by atoms with Gasteiger partial charge in [0.25, 0.3) is 5.69 Å². The second-order valence-corrected chi connectivity index (χ2v) is 6.85.